The summed E-state index contributed by atoms with van der Waals surface area (Å²) in [7, 11) is 1.44. The molecule has 206 valence electrons. The molecule has 10 nitrogen and oxygen atoms in total. The second-order valence-electron chi connectivity index (χ2n) is 9.07. The van der Waals surface area contributed by atoms with Crippen LogP contribution in [0.2, 0.25) is 0 Å². The minimum Gasteiger partial charge on any atom is -0.493 e. The maximum absolute atomic E-state index is 13.1. The average Bonchev–Trinajstić information content (AvgIpc) is 2.88. The van der Waals surface area contributed by atoms with Crippen LogP contribution in [0.15, 0.2) is 23.8 Å². The molecule has 0 heterocycles. The summed E-state index contributed by atoms with van der Waals surface area (Å²) in [5.74, 6) is 0.204. The van der Waals surface area contributed by atoms with Gasteiger partial charge in [-0.05, 0) is 60.1 Å². The lowest BCUT2D eigenvalue weighted by Crippen LogP contribution is -2.56. The number of halogens is 1. The molecule has 0 spiro atoms. The smallest absolute Gasteiger partial charge is 0.248 e. The van der Waals surface area contributed by atoms with Crippen molar-refractivity contribution < 1.29 is 38.8 Å². The van der Waals surface area contributed by atoms with E-state index in [-0.39, 0.29) is 32.1 Å². The number of ether oxygens (including phenoxy) is 3. The van der Waals surface area contributed by atoms with Crippen molar-refractivity contribution in [1.82, 2.24) is 10.2 Å². The molecular formula is C26H37IN2O8. The molecule has 1 aromatic rings. The van der Waals surface area contributed by atoms with Gasteiger partial charge in [0.1, 0.15) is 25.1 Å². The zero-order valence-corrected chi connectivity index (χ0v) is 23.9. The lowest BCUT2D eigenvalue weighted by Gasteiger charge is -2.41. The highest BCUT2D eigenvalue weighted by molar-refractivity contribution is 14.1. The van der Waals surface area contributed by atoms with E-state index < -0.39 is 24.2 Å². The molecule has 3 atom stereocenters. The topological polar surface area (TPSA) is 135 Å². The fourth-order valence-electron chi connectivity index (χ4n) is 3.98. The Labute approximate surface area is 231 Å². The molecule has 11 heteroatoms. The summed E-state index contributed by atoms with van der Waals surface area (Å²) in [6.07, 6.45) is 0.858. The van der Waals surface area contributed by atoms with Crippen LogP contribution in [0.4, 0.5) is 0 Å². The fourth-order valence-corrected chi connectivity index (χ4v) is 4.74. The number of benzene rings is 1. The van der Waals surface area contributed by atoms with Crippen LogP contribution in [-0.4, -0.2) is 91.5 Å². The van der Waals surface area contributed by atoms with Crippen molar-refractivity contribution in [3.05, 3.63) is 32.9 Å². The number of amides is 2. The predicted octanol–water partition coefficient (Wildman–Crippen LogP) is 1.94. The van der Waals surface area contributed by atoms with E-state index in [1.54, 1.807) is 17.9 Å². The van der Waals surface area contributed by atoms with Crippen molar-refractivity contribution in [2.75, 3.05) is 40.0 Å². The van der Waals surface area contributed by atoms with Gasteiger partial charge in [0.25, 0.3) is 0 Å². The molecule has 0 saturated heterocycles. The Hall–Kier alpha value is -2.22. The van der Waals surface area contributed by atoms with E-state index in [2.05, 4.69) is 5.32 Å². The molecule has 2 amide bonds. The average molecular weight is 632 g/mol. The predicted molar refractivity (Wildman–Crippen MR) is 146 cm³/mol. The van der Waals surface area contributed by atoms with Gasteiger partial charge in [0.05, 0.1) is 23.3 Å². The summed E-state index contributed by atoms with van der Waals surface area (Å²) in [6, 6.07) is 2.39. The standard InChI is InChI=1S/C26H37IN2O8/c1-5-36-15-23(32)29(8-6-16(2)3)20-12-18(26(34)28-7-9-30)13-21(24(20)33)37-25-19(27)10-17(14-31)11-22(25)35-4/h10-11,13-14,16,20-21,24,30,33H,5-9,12,15H2,1-4H3,(H,28,34)/t20-,21+,24+/m1/s1. The Morgan fingerprint density at radius 2 is 2.05 bits per heavy atom. The molecular weight excluding hydrogens is 595 g/mol. The molecule has 0 bridgehead atoms. The Morgan fingerprint density at radius 1 is 1.32 bits per heavy atom. The number of aliphatic hydroxyl groups is 2. The van der Waals surface area contributed by atoms with Crippen LogP contribution in [0.5, 0.6) is 11.5 Å². The van der Waals surface area contributed by atoms with Gasteiger partial charge in [0.15, 0.2) is 11.5 Å². The van der Waals surface area contributed by atoms with Crippen LogP contribution in [0, 0.1) is 9.49 Å². The van der Waals surface area contributed by atoms with E-state index in [9.17, 15) is 19.5 Å². The fraction of sp³-hybridized carbons (Fsp3) is 0.577. The van der Waals surface area contributed by atoms with Gasteiger partial charge >= 0.3 is 0 Å². The van der Waals surface area contributed by atoms with Gasteiger partial charge in [-0.3, -0.25) is 14.4 Å². The zero-order chi connectivity index (χ0) is 27.5. The highest BCUT2D eigenvalue weighted by Crippen LogP contribution is 2.37. The SMILES string of the molecule is CCOCC(=O)N(CCC(C)C)[C@@H]1CC(C(=O)NCCO)=C[C@H](Oc2c(I)cc(C=O)cc2OC)[C@H]1O. The highest BCUT2D eigenvalue weighted by Gasteiger charge is 2.40. The molecule has 1 aromatic carbocycles. The molecule has 1 aliphatic rings. The Kier molecular flexibility index (Phi) is 12.8. The monoisotopic (exact) mass is 632 g/mol. The van der Waals surface area contributed by atoms with Crippen LogP contribution in [0.3, 0.4) is 0 Å². The van der Waals surface area contributed by atoms with Crippen LogP contribution in [0.25, 0.3) is 0 Å². The quantitative estimate of drug-likeness (QED) is 0.209. The Balaban J connectivity index is 2.49. The molecule has 2 rings (SSSR count). The summed E-state index contributed by atoms with van der Waals surface area (Å²) in [5, 5.41) is 23.2. The third kappa shape index (κ3) is 8.66. The number of nitrogens with zero attached hydrogens (tertiary/aromatic N) is 1. The molecule has 0 radical (unpaired) electrons. The first-order chi connectivity index (χ1) is 17.7. The van der Waals surface area contributed by atoms with E-state index >= 15 is 0 Å². The van der Waals surface area contributed by atoms with E-state index in [1.807, 2.05) is 36.4 Å². The molecule has 0 fully saturated rings. The first-order valence-electron chi connectivity index (χ1n) is 12.3. The molecule has 37 heavy (non-hydrogen) atoms. The van der Waals surface area contributed by atoms with Crippen LogP contribution < -0.4 is 14.8 Å². The van der Waals surface area contributed by atoms with Crippen molar-refractivity contribution in [2.45, 2.75) is 51.9 Å². The van der Waals surface area contributed by atoms with Gasteiger partial charge in [-0.15, -0.1) is 0 Å². The number of nitrogens with one attached hydrogen (secondary N) is 1. The van der Waals surface area contributed by atoms with Crippen molar-refractivity contribution in [3.8, 4) is 11.5 Å². The van der Waals surface area contributed by atoms with Crippen molar-refractivity contribution >= 4 is 40.7 Å². The molecule has 0 aromatic heterocycles. The number of hydrogen-bond donors (Lipinski definition) is 3. The zero-order valence-electron chi connectivity index (χ0n) is 21.7. The number of carbonyl (C=O) groups is 3. The molecule has 1 aliphatic carbocycles. The molecule has 0 unspecified atom stereocenters. The maximum atomic E-state index is 13.1. The van der Waals surface area contributed by atoms with Gasteiger partial charge < -0.3 is 34.6 Å². The largest absolute Gasteiger partial charge is 0.493 e. The van der Waals surface area contributed by atoms with Crippen molar-refractivity contribution in [2.24, 2.45) is 5.92 Å². The van der Waals surface area contributed by atoms with E-state index in [0.717, 1.165) is 0 Å². The number of aliphatic hydroxyl groups excluding tert-OH is 2. The lowest BCUT2D eigenvalue weighted by molar-refractivity contribution is -0.143. The third-order valence-corrected chi connectivity index (χ3v) is 6.76. The normalized spacial score (nSPS) is 19.2. The second-order valence-corrected chi connectivity index (χ2v) is 10.2. The number of hydrogen-bond acceptors (Lipinski definition) is 8. The van der Waals surface area contributed by atoms with Gasteiger partial charge in [0.2, 0.25) is 11.8 Å². The van der Waals surface area contributed by atoms with Gasteiger partial charge in [-0.25, -0.2) is 0 Å². The van der Waals surface area contributed by atoms with Crippen molar-refractivity contribution in [1.29, 1.82) is 0 Å². The van der Waals surface area contributed by atoms with Crippen molar-refractivity contribution in [3.63, 3.8) is 0 Å². The third-order valence-electron chi connectivity index (χ3n) is 5.95. The maximum Gasteiger partial charge on any atom is 0.248 e. The van der Waals surface area contributed by atoms with Gasteiger partial charge in [0, 0.05) is 37.3 Å². The summed E-state index contributed by atoms with van der Waals surface area (Å²) in [5.41, 5.74) is 0.725. The van der Waals surface area contributed by atoms with Gasteiger partial charge in [-0.1, -0.05) is 13.8 Å². The number of rotatable bonds is 14. The first-order valence-corrected chi connectivity index (χ1v) is 13.4. The summed E-state index contributed by atoms with van der Waals surface area (Å²) in [4.78, 5) is 38.9. The summed E-state index contributed by atoms with van der Waals surface area (Å²) >= 11 is 2.01. The minimum atomic E-state index is -1.17. The van der Waals surface area contributed by atoms with Crippen LogP contribution in [-0.2, 0) is 14.3 Å². The Bertz CT molecular complexity index is 968. The first kappa shape index (κ1) is 31.0. The Morgan fingerprint density at radius 3 is 2.65 bits per heavy atom. The molecule has 0 saturated carbocycles. The highest BCUT2D eigenvalue weighted by atomic mass is 127. The molecule has 0 aliphatic heterocycles. The minimum absolute atomic E-state index is 0.0636. The summed E-state index contributed by atoms with van der Waals surface area (Å²) < 4.78 is 17.5. The number of aldehydes is 1. The van der Waals surface area contributed by atoms with Crippen LogP contribution in [0.1, 0.15) is 44.0 Å². The van der Waals surface area contributed by atoms with Gasteiger partial charge in [-0.2, -0.15) is 0 Å². The van der Waals surface area contributed by atoms with Crippen LogP contribution >= 0.6 is 22.6 Å². The number of carbonyl (C=O) groups excluding carboxylic acids is 3. The second kappa shape index (κ2) is 15.3. The lowest BCUT2D eigenvalue weighted by atomic mass is 9.87. The summed E-state index contributed by atoms with van der Waals surface area (Å²) in [6.45, 7) is 6.31. The number of methoxy groups -OCH3 is 1. The van der Waals surface area contributed by atoms with E-state index in [0.29, 0.717) is 58.0 Å². The van der Waals surface area contributed by atoms with E-state index in [1.165, 1.54) is 19.3 Å². The molecule has 3 N–H and O–H groups in total. The van der Waals surface area contributed by atoms with E-state index in [4.69, 9.17) is 19.3 Å².